The predicted octanol–water partition coefficient (Wildman–Crippen LogP) is 1.56. The maximum atomic E-state index is 10.0. The van der Waals surface area contributed by atoms with Gasteiger partial charge in [-0.3, -0.25) is 0 Å². The summed E-state index contributed by atoms with van der Waals surface area (Å²) >= 11 is 0. The molecule has 2 aliphatic rings. The van der Waals surface area contributed by atoms with Gasteiger partial charge in [0, 0.05) is 0 Å². The standard InChI is InChI=1S/C10H14O/c1-2-5-10(11)7-8-3-4-9(10)6-8/h8-9,11H,3-4,6-7H2,1H3. The molecule has 2 bridgehead atoms. The summed E-state index contributed by atoms with van der Waals surface area (Å²) in [5, 5.41) is 10.0. The van der Waals surface area contributed by atoms with E-state index in [2.05, 4.69) is 11.8 Å². The third-order valence-electron chi connectivity index (χ3n) is 3.16. The highest BCUT2D eigenvalue weighted by atomic mass is 16.3. The van der Waals surface area contributed by atoms with Crippen LogP contribution in [-0.4, -0.2) is 10.7 Å². The maximum Gasteiger partial charge on any atom is 0.128 e. The van der Waals surface area contributed by atoms with E-state index in [1.54, 1.807) is 0 Å². The second-order valence-electron chi connectivity index (χ2n) is 3.88. The Morgan fingerprint density at radius 3 is 2.73 bits per heavy atom. The molecule has 2 fully saturated rings. The van der Waals surface area contributed by atoms with Crippen LogP contribution in [-0.2, 0) is 0 Å². The Morgan fingerprint density at radius 2 is 2.27 bits per heavy atom. The third kappa shape index (κ3) is 0.973. The quantitative estimate of drug-likeness (QED) is 0.519. The van der Waals surface area contributed by atoms with Crippen LogP contribution >= 0.6 is 0 Å². The Bertz CT molecular complexity index is 223. The number of hydrogen-bond donors (Lipinski definition) is 1. The van der Waals surface area contributed by atoms with Crippen LogP contribution in [0.5, 0.6) is 0 Å². The van der Waals surface area contributed by atoms with Gasteiger partial charge in [0.2, 0.25) is 0 Å². The largest absolute Gasteiger partial charge is 0.377 e. The molecule has 2 saturated carbocycles. The first-order chi connectivity index (χ1) is 5.24. The van der Waals surface area contributed by atoms with E-state index >= 15 is 0 Å². The van der Waals surface area contributed by atoms with Gasteiger partial charge in [-0.15, -0.1) is 5.92 Å². The van der Waals surface area contributed by atoms with Gasteiger partial charge in [0.25, 0.3) is 0 Å². The molecule has 0 spiro atoms. The van der Waals surface area contributed by atoms with Gasteiger partial charge in [-0.05, 0) is 44.4 Å². The van der Waals surface area contributed by atoms with Gasteiger partial charge >= 0.3 is 0 Å². The van der Waals surface area contributed by atoms with Gasteiger partial charge in [0.05, 0.1) is 0 Å². The SMILES string of the molecule is CC#CC1(O)CC2CCC1C2. The monoisotopic (exact) mass is 150 g/mol. The first-order valence-corrected chi connectivity index (χ1v) is 4.41. The molecule has 0 heterocycles. The average Bonchev–Trinajstić information content (AvgIpc) is 2.45. The van der Waals surface area contributed by atoms with E-state index in [9.17, 15) is 5.11 Å². The summed E-state index contributed by atoms with van der Waals surface area (Å²) in [5.41, 5.74) is -0.600. The average molecular weight is 150 g/mol. The Labute approximate surface area is 67.8 Å². The first kappa shape index (κ1) is 7.18. The van der Waals surface area contributed by atoms with E-state index in [4.69, 9.17) is 0 Å². The molecular weight excluding hydrogens is 136 g/mol. The van der Waals surface area contributed by atoms with Crippen molar-refractivity contribution in [1.82, 2.24) is 0 Å². The van der Waals surface area contributed by atoms with Gasteiger partial charge in [0.1, 0.15) is 5.60 Å². The highest BCUT2D eigenvalue weighted by Gasteiger charge is 2.48. The van der Waals surface area contributed by atoms with E-state index in [1.807, 2.05) is 6.92 Å². The summed E-state index contributed by atoms with van der Waals surface area (Å²) in [7, 11) is 0. The normalized spacial score (nSPS) is 47.1. The van der Waals surface area contributed by atoms with Crippen LogP contribution in [0.15, 0.2) is 0 Å². The lowest BCUT2D eigenvalue weighted by Gasteiger charge is -2.26. The highest BCUT2D eigenvalue weighted by molar-refractivity contribution is 5.20. The fourth-order valence-electron chi connectivity index (χ4n) is 2.67. The van der Waals surface area contributed by atoms with Crippen molar-refractivity contribution in [3.05, 3.63) is 0 Å². The van der Waals surface area contributed by atoms with Crippen LogP contribution < -0.4 is 0 Å². The maximum absolute atomic E-state index is 10.0. The van der Waals surface area contributed by atoms with Crippen molar-refractivity contribution < 1.29 is 5.11 Å². The van der Waals surface area contributed by atoms with Crippen LogP contribution in [0.3, 0.4) is 0 Å². The number of rotatable bonds is 0. The van der Waals surface area contributed by atoms with E-state index < -0.39 is 5.60 Å². The minimum atomic E-state index is -0.600. The zero-order valence-electron chi connectivity index (χ0n) is 6.93. The van der Waals surface area contributed by atoms with Crippen molar-refractivity contribution in [2.75, 3.05) is 0 Å². The van der Waals surface area contributed by atoms with Crippen LogP contribution in [0, 0.1) is 23.7 Å². The molecule has 60 valence electrons. The van der Waals surface area contributed by atoms with Crippen molar-refractivity contribution in [2.24, 2.45) is 11.8 Å². The van der Waals surface area contributed by atoms with Gasteiger partial charge in [0.15, 0.2) is 0 Å². The molecule has 1 heteroatoms. The van der Waals surface area contributed by atoms with E-state index in [1.165, 1.54) is 19.3 Å². The molecular formula is C10H14O. The van der Waals surface area contributed by atoms with Crippen molar-refractivity contribution in [3.8, 4) is 11.8 Å². The predicted molar refractivity (Wildman–Crippen MR) is 43.8 cm³/mol. The minimum absolute atomic E-state index is 0.486. The molecule has 0 aliphatic heterocycles. The Balaban J connectivity index is 2.21. The lowest BCUT2D eigenvalue weighted by Crippen LogP contribution is -2.33. The summed E-state index contributed by atoms with van der Waals surface area (Å²) in [4.78, 5) is 0. The minimum Gasteiger partial charge on any atom is -0.377 e. The molecule has 1 N–H and O–H groups in total. The fourth-order valence-corrected chi connectivity index (χ4v) is 2.67. The van der Waals surface area contributed by atoms with E-state index in [0.717, 1.165) is 12.3 Å². The smallest absolute Gasteiger partial charge is 0.128 e. The Kier molecular flexibility index (Phi) is 1.47. The second-order valence-corrected chi connectivity index (χ2v) is 3.88. The summed E-state index contributed by atoms with van der Waals surface area (Å²) in [6.45, 7) is 1.81. The van der Waals surface area contributed by atoms with E-state index in [0.29, 0.717) is 5.92 Å². The molecule has 0 aromatic rings. The van der Waals surface area contributed by atoms with Crippen molar-refractivity contribution >= 4 is 0 Å². The zero-order chi connectivity index (χ0) is 7.90. The molecule has 0 radical (unpaired) electrons. The number of fused-ring (bicyclic) bond motifs is 2. The molecule has 2 rings (SSSR count). The van der Waals surface area contributed by atoms with Gasteiger partial charge in [-0.25, -0.2) is 0 Å². The molecule has 0 aromatic carbocycles. The van der Waals surface area contributed by atoms with Crippen LogP contribution in [0.4, 0.5) is 0 Å². The topological polar surface area (TPSA) is 20.2 Å². The lowest BCUT2D eigenvalue weighted by atomic mass is 9.85. The molecule has 0 aromatic heterocycles. The van der Waals surface area contributed by atoms with Crippen molar-refractivity contribution in [2.45, 2.75) is 38.2 Å². The third-order valence-corrected chi connectivity index (χ3v) is 3.16. The molecule has 3 atom stereocenters. The van der Waals surface area contributed by atoms with Crippen molar-refractivity contribution in [1.29, 1.82) is 0 Å². The molecule has 0 saturated heterocycles. The molecule has 1 nitrogen and oxygen atoms in total. The van der Waals surface area contributed by atoms with Crippen molar-refractivity contribution in [3.63, 3.8) is 0 Å². The molecule has 3 unspecified atom stereocenters. The molecule has 11 heavy (non-hydrogen) atoms. The summed E-state index contributed by atoms with van der Waals surface area (Å²) in [6, 6.07) is 0. The van der Waals surface area contributed by atoms with Gasteiger partial charge in [-0.2, -0.15) is 0 Å². The van der Waals surface area contributed by atoms with Crippen LogP contribution in [0.2, 0.25) is 0 Å². The van der Waals surface area contributed by atoms with Gasteiger partial charge in [-0.1, -0.05) is 5.92 Å². The van der Waals surface area contributed by atoms with Crippen LogP contribution in [0.25, 0.3) is 0 Å². The number of hydrogen-bond acceptors (Lipinski definition) is 1. The fraction of sp³-hybridized carbons (Fsp3) is 0.800. The number of aliphatic hydroxyl groups is 1. The van der Waals surface area contributed by atoms with Crippen LogP contribution in [0.1, 0.15) is 32.6 Å². The highest BCUT2D eigenvalue weighted by Crippen LogP contribution is 2.50. The first-order valence-electron chi connectivity index (χ1n) is 4.41. The molecule has 2 aliphatic carbocycles. The summed E-state index contributed by atoms with van der Waals surface area (Å²) in [6.07, 6.45) is 4.65. The zero-order valence-corrected chi connectivity index (χ0v) is 6.93. The van der Waals surface area contributed by atoms with Gasteiger partial charge < -0.3 is 5.11 Å². The lowest BCUT2D eigenvalue weighted by molar-refractivity contribution is 0.0437. The summed E-state index contributed by atoms with van der Waals surface area (Å²) < 4.78 is 0. The Hall–Kier alpha value is -0.480. The Morgan fingerprint density at radius 1 is 1.45 bits per heavy atom. The molecule has 0 amide bonds. The summed E-state index contributed by atoms with van der Waals surface area (Å²) in [5.74, 6) is 7.05. The second kappa shape index (κ2) is 2.25. The van der Waals surface area contributed by atoms with E-state index in [-0.39, 0.29) is 0 Å².